The van der Waals surface area contributed by atoms with Gasteiger partial charge in [-0.25, -0.2) is 0 Å². The Labute approximate surface area is 355 Å². The number of hydrogen-bond donors (Lipinski definition) is 0. The molecule has 0 aliphatic carbocycles. The third kappa shape index (κ3) is 45.3. The van der Waals surface area contributed by atoms with Crippen molar-refractivity contribution in [1.29, 1.82) is 0 Å². The van der Waals surface area contributed by atoms with Gasteiger partial charge < -0.3 is 14.2 Å². The number of ether oxygens (including phenoxy) is 3. The number of hydrogen-bond acceptors (Lipinski definition) is 6. The van der Waals surface area contributed by atoms with Crippen LogP contribution in [-0.4, -0.2) is 37.2 Å². The Morgan fingerprint density at radius 2 is 0.474 bits per heavy atom. The average Bonchev–Trinajstić information content (AvgIpc) is 3.21. The molecule has 0 saturated heterocycles. The van der Waals surface area contributed by atoms with Crippen LogP contribution in [0.25, 0.3) is 0 Å². The predicted molar refractivity (Wildman–Crippen MR) is 243 cm³/mol. The van der Waals surface area contributed by atoms with Gasteiger partial charge in [0, 0.05) is 19.3 Å². The predicted octanol–water partition coefficient (Wildman–Crippen LogP) is 16.4. The van der Waals surface area contributed by atoms with Crippen LogP contribution in [0.15, 0.2) is 0 Å². The van der Waals surface area contributed by atoms with Crippen molar-refractivity contribution in [2.24, 2.45) is 0 Å². The topological polar surface area (TPSA) is 78.9 Å². The summed E-state index contributed by atoms with van der Waals surface area (Å²) in [5.74, 6) is -0.843. The fourth-order valence-corrected chi connectivity index (χ4v) is 7.74. The van der Waals surface area contributed by atoms with Gasteiger partial charge in [-0.3, -0.25) is 14.4 Å². The maximum absolute atomic E-state index is 12.8. The molecule has 0 saturated carbocycles. The minimum Gasteiger partial charge on any atom is -0.462 e. The Morgan fingerprint density at radius 1 is 0.281 bits per heavy atom. The van der Waals surface area contributed by atoms with E-state index in [1.165, 1.54) is 193 Å². The van der Waals surface area contributed by atoms with Gasteiger partial charge in [0.2, 0.25) is 0 Å². The fraction of sp³-hybridized carbons (Fsp3) is 0.941. The number of carbonyl (C=O) groups excluding carboxylic acids is 3. The second-order valence-electron chi connectivity index (χ2n) is 17.5. The fourth-order valence-electron chi connectivity index (χ4n) is 7.74. The molecule has 6 nitrogen and oxygen atoms in total. The number of esters is 3. The van der Waals surface area contributed by atoms with E-state index in [9.17, 15) is 14.4 Å². The Kier molecular flexibility index (Phi) is 45.8. The summed E-state index contributed by atoms with van der Waals surface area (Å²) in [6.45, 7) is 6.67. The van der Waals surface area contributed by atoms with Crippen molar-refractivity contribution in [3.63, 3.8) is 0 Å². The minimum absolute atomic E-state index is 0.0620. The first-order valence-corrected chi connectivity index (χ1v) is 25.5. The van der Waals surface area contributed by atoms with E-state index in [1.807, 2.05) is 0 Å². The molecule has 1 atom stereocenters. The highest BCUT2D eigenvalue weighted by Crippen LogP contribution is 2.17. The molecule has 0 bridgehead atoms. The standard InChI is InChI=1S/C51H98O6/c1-4-7-10-13-16-19-22-24-25-26-27-30-33-36-39-42-45-51(54)57-48(46-55-49(52)43-40-37-34-31-28-21-18-15-12-9-6-3)47-56-50(53)44-41-38-35-32-29-23-20-17-14-11-8-5-2/h48H,4-47H2,1-3H3/t48-/m0/s1. The SMILES string of the molecule is CCCCCCCCCCCCCCCCCCC(=O)O[C@@H](COC(=O)CCCCCCCCCCCCC)COC(=O)CCCCCCCCCCCCCC. The maximum Gasteiger partial charge on any atom is 0.306 e. The zero-order valence-corrected chi connectivity index (χ0v) is 38.6. The van der Waals surface area contributed by atoms with E-state index in [0.717, 1.165) is 57.8 Å². The summed E-state index contributed by atoms with van der Waals surface area (Å²) in [5.41, 5.74) is 0. The lowest BCUT2D eigenvalue weighted by Crippen LogP contribution is -2.30. The van der Waals surface area contributed by atoms with Gasteiger partial charge in [-0.1, -0.05) is 252 Å². The second-order valence-corrected chi connectivity index (χ2v) is 17.5. The van der Waals surface area contributed by atoms with Gasteiger partial charge in [0.1, 0.15) is 13.2 Å². The molecule has 0 unspecified atom stereocenters. The highest BCUT2D eigenvalue weighted by Gasteiger charge is 2.19. The monoisotopic (exact) mass is 807 g/mol. The van der Waals surface area contributed by atoms with Crippen LogP contribution in [0.3, 0.4) is 0 Å². The van der Waals surface area contributed by atoms with Gasteiger partial charge in [-0.2, -0.15) is 0 Å². The molecule has 57 heavy (non-hydrogen) atoms. The van der Waals surface area contributed by atoms with Crippen molar-refractivity contribution in [2.75, 3.05) is 13.2 Å². The molecule has 6 heteroatoms. The molecule has 0 aliphatic heterocycles. The van der Waals surface area contributed by atoms with E-state index >= 15 is 0 Å². The molecule has 0 rings (SSSR count). The molecule has 0 amide bonds. The Bertz CT molecular complexity index is 844. The lowest BCUT2D eigenvalue weighted by atomic mass is 10.0. The quantitative estimate of drug-likeness (QED) is 0.0346. The molecule has 0 fully saturated rings. The average molecular weight is 807 g/mol. The number of rotatable bonds is 47. The van der Waals surface area contributed by atoms with Crippen LogP contribution in [0, 0.1) is 0 Å². The van der Waals surface area contributed by atoms with E-state index in [2.05, 4.69) is 20.8 Å². The molecule has 0 heterocycles. The van der Waals surface area contributed by atoms with Gasteiger partial charge in [-0.05, 0) is 19.3 Å². The number of carbonyl (C=O) groups is 3. The summed E-state index contributed by atoms with van der Waals surface area (Å²) in [7, 11) is 0. The van der Waals surface area contributed by atoms with E-state index < -0.39 is 6.10 Å². The number of unbranched alkanes of at least 4 members (excludes halogenated alkanes) is 36. The Balaban J connectivity index is 4.29. The van der Waals surface area contributed by atoms with E-state index in [-0.39, 0.29) is 31.1 Å². The van der Waals surface area contributed by atoms with E-state index in [0.29, 0.717) is 19.3 Å². The van der Waals surface area contributed by atoms with Crippen molar-refractivity contribution in [3.8, 4) is 0 Å². The summed E-state index contributed by atoms with van der Waals surface area (Å²) in [5, 5.41) is 0. The Hall–Kier alpha value is -1.59. The summed E-state index contributed by atoms with van der Waals surface area (Å²) in [6, 6.07) is 0. The zero-order valence-electron chi connectivity index (χ0n) is 38.6. The van der Waals surface area contributed by atoms with Crippen LogP contribution >= 0.6 is 0 Å². The molecule has 0 spiro atoms. The van der Waals surface area contributed by atoms with Gasteiger partial charge in [-0.15, -0.1) is 0 Å². The van der Waals surface area contributed by atoms with Crippen molar-refractivity contribution in [2.45, 2.75) is 297 Å². The van der Waals surface area contributed by atoms with Gasteiger partial charge >= 0.3 is 17.9 Å². The van der Waals surface area contributed by atoms with Gasteiger partial charge in [0.25, 0.3) is 0 Å². The van der Waals surface area contributed by atoms with Crippen molar-refractivity contribution in [3.05, 3.63) is 0 Å². The Morgan fingerprint density at radius 3 is 0.702 bits per heavy atom. The van der Waals surface area contributed by atoms with Gasteiger partial charge in [0.15, 0.2) is 6.10 Å². The minimum atomic E-state index is -0.759. The molecule has 0 aromatic heterocycles. The van der Waals surface area contributed by atoms with Crippen LogP contribution in [0.1, 0.15) is 290 Å². The van der Waals surface area contributed by atoms with E-state index in [4.69, 9.17) is 14.2 Å². The van der Waals surface area contributed by atoms with Crippen LogP contribution in [0.4, 0.5) is 0 Å². The van der Waals surface area contributed by atoms with Crippen LogP contribution in [0.5, 0.6) is 0 Å². The first kappa shape index (κ1) is 55.4. The lowest BCUT2D eigenvalue weighted by Gasteiger charge is -2.18. The lowest BCUT2D eigenvalue weighted by molar-refractivity contribution is -0.167. The largest absolute Gasteiger partial charge is 0.462 e. The molecule has 0 aromatic carbocycles. The zero-order chi connectivity index (χ0) is 41.5. The highest BCUT2D eigenvalue weighted by atomic mass is 16.6. The second kappa shape index (κ2) is 47.1. The summed E-state index contributed by atoms with van der Waals surface area (Å²) < 4.78 is 16.8. The van der Waals surface area contributed by atoms with Crippen molar-refractivity contribution < 1.29 is 28.6 Å². The van der Waals surface area contributed by atoms with Gasteiger partial charge in [0.05, 0.1) is 0 Å². The molecule has 0 aliphatic rings. The third-order valence-corrected chi connectivity index (χ3v) is 11.6. The van der Waals surface area contributed by atoms with Crippen LogP contribution in [-0.2, 0) is 28.6 Å². The molecule has 338 valence electrons. The van der Waals surface area contributed by atoms with Crippen LogP contribution < -0.4 is 0 Å². The summed E-state index contributed by atoms with van der Waals surface area (Å²) in [6.07, 6.45) is 49.4. The van der Waals surface area contributed by atoms with E-state index in [1.54, 1.807) is 0 Å². The normalized spacial score (nSPS) is 11.8. The third-order valence-electron chi connectivity index (χ3n) is 11.6. The first-order valence-electron chi connectivity index (χ1n) is 25.5. The smallest absolute Gasteiger partial charge is 0.306 e. The van der Waals surface area contributed by atoms with Crippen molar-refractivity contribution >= 4 is 17.9 Å². The molecule has 0 N–H and O–H groups in total. The molecular formula is C51H98O6. The molecule has 0 radical (unpaired) electrons. The maximum atomic E-state index is 12.8. The van der Waals surface area contributed by atoms with Crippen LogP contribution in [0.2, 0.25) is 0 Å². The first-order chi connectivity index (χ1) is 28.0. The molecular weight excluding hydrogens is 709 g/mol. The molecule has 0 aromatic rings. The summed E-state index contributed by atoms with van der Waals surface area (Å²) in [4.78, 5) is 37.9. The highest BCUT2D eigenvalue weighted by molar-refractivity contribution is 5.71. The van der Waals surface area contributed by atoms with Crippen molar-refractivity contribution in [1.82, 2.24) is 0 Å². The summed E-state index contributed by atoms with van der Waals surface area (Å²) >= 11 is 0.